The van der Waals surface area contributed by atoms with Crippen LogP contribution < -0.4 is 11.1 Å². The van der Waals surface area contributed by atoms with Crippen LogP contribution >= 0.6 is 0 Å². The molecular weight excluding hydrogens is 200 g/mol. The second kappa shape index (κ2) is 4.53. The summed E-state index contributed by atoms with van der Waals surface area (Å²) in [7, 11) is 0. The maximum absolute atomic E-state index is 10.6. The van der Waals surface area contributed by atoms with E-state index in [9.17, 15) is 5.11 Å². The van der Waals surface area contributed by atoms with Crippen molar-refractivity contribution >= 4 is 0 Å². The number of aliphatic hydroxyl groups is 1. The van der Waals surface area contributed by atoms with Gasteiger partial charge in [0, 0.05) is 19.0 Å². The summed E-state index contributed by atoms with van der Waals surface area (Å²) >= 11 is 0. The fraction of sp³-hybridized carbons (Fsp3) is 0.538. The summed E-state index contributed by atoms with van der Waals surface area (Å²) in [4.78, 5) is 0. The largest absolute Gasteiger partial charge is 0.385 e. The van der Waals surface area contributed by atoms with Gasteiger partial charge in [-0.05, 0) is 31.0 Å². The summed E-state index contributed by atoms with van der Waals surface area (Å²) in [6.45, 7) is 4.35. The van der Waals surface area contributed by atoms with Gasteiger partial charge >= 0.3 is 0 Å². The molecule has 1 aromatic rings. The molecular formula is C13H20N2O. The van der Waals surface area contributed by atoms with Crippen LogP contribution in [0.15, 0.2) is 24.3 Å². The molecule has 0 spiro atoms. The van der Waals surface area contributed by atoms with Gasteiger partial charge in [0.25, 0.3) is 0 Å². The topological polar surface area (TPSA) is 58.3 Å². The highest BCUT2D eigenvalue weighted by Crippen LogP contribution is 2.33. The van der Waals surface area contributed by atoms with Crippen LogP contribution in [0, 0.1) is 5.92 Å². The Morgan fingerprint density at radius 1 is 1.44 bits per heavy atom. The molecule has 1 aliphatic rings. The first-order chi connectivity index (χ1) is 7.64. The number of nitrogens with two attached hydrogens (primary N) is 1. The number of rotatable bonds is 3. The molecule has 0 aromatic heterocycles. The van der Waals surface area contributed by atoms with E-state index in [4.69, 9.17) is 5.73 Å². The van der Waals surface area contributed by atoms with Crippen LogP contribution in [0.3, 0.4) is 0 Å². The maximum atomic E-state index is 10.6. The predicted octanol–water partition coefficient (Wildman–Crippen LogP) is 0.962. The molecule has 1 saturated heterocycles. The van der Waals surface area contributed by atoms with Gasteiger partial charge in [0.2, 0.25) is 0 Å². The molecule has 0 amide bonds. The van der Waals surface area contributed by atoms with Crippen molar-refractivity contribution < 1.29 is 5.11 Å². The second-order valence-electron chi connectivity index (χ2n) is 4.74. The molecule has 0 radical (unpaired) electrons. The fourth-order valence-corrected chi connectivity index (χ4v) is 2.35. The van der Waals surface area contributed by atoms with Gasteiger partial charge in [-0.2, -0.15) is 0 Å². The SMILES string of the molecule is CC(O)(c1ccc(CN)cc1)C1CCNC1. The Balaban J connectivity index is 2.20. The van der Waals surface area contributed by atoms with E-state index in [1.165, 1.54) is 0 Å². The van der Waals surface area contributed by atoms with Gasteiger partial charge < -0.3 is 16.2 Å². The zero-order valence-corrected chi connectivity index (χ0v) is 9.74. The lowest BCUT2D eigenvalue weighted by Crippen LogP contribution is -2.33. The third-order valence-electron chi connectivity index (χ3n) is 3.63. The van der Waals surface area contributed by atoms with Crippen molar-refractivity contribution in [2.24, 2.45) is 11.7 Å². The van der Waals surface area contributed by atoms with E-state index in [1.807, 2.05) is 31.2 Å². The summed E-state index contributed by atoms with van der Waals surface area (Å²) in [5.74, 6) is 0.302. The van der Waals surface area contributed by atoms with E-state index in [-0.39, 0.29) is 0 Å². The molecule has 88 valence electrons. The minimum absolute atomic E-state index is 0.302. The first-order valence-electron chi connectivity index (χ1n) is 5.87. The van der Waals surface area contributed by atoms with E-state index in [1.54, 1.807) is 0 Å². The number of hydrogen-bond donors (Lipinski definition) is 3. The molecule has 1 fully saturated rings. The standard InChI is InChI=1S/C13H20N2O/c1-13(16,12-6-7-15-9-12)11-4-2-10(8-14)3-5-11/h2-5,12,15-16H,6-9,14H2,1H3. The molecule has 2 rings (SSSR count). The van der Waals surface area contributed by atoms with Crippen molar-refractivity contribution in [3.05, 3.63) is 35.4 Å². The molecule has 3 nitrogen and oxygen atoms in total. The summed E-state index contributed by atoms with van der Waals surface area (Å²) in [6.07, 6.45) is 1.03. The molecule has 1 heterocycles. The van der Waals surface area contributed by atoms with Gasteiger partial charge in [-0.15, -0.1) is 0 Å². The Bertz CT molecular complexity index is 339. The average molecular weight is 220 g/mol. The van der Waals surface area contributed by atoms with Crippen molar-refractivity contribution in [2.45, 2.75) is 25.5 Å². The van der Waals surface area contributed by atoms with Gasteiger partial charge in [-0.1, -0.05) is 24.3 Å². The molecule has 0 saturated carbocycles. The highest BCUT2D eigenvalue weighted by atomic mass is 16.3. The number of nitrogens with one attached hydrogen (secondary N) is 1. The quantitative estimate of drug-likeness (QED) is 0.711. The van der Waals surface area contributed by atoms with E-state index in [2.05, 4.69) is 5.32 Å². The van der Waals surface area contributed by atoms with Crippen LogP contribution in [0.25, 0.3) is 0 Å². The zero-order chi connectivity index (χ0) is 11.6. The molecule has 2 atom stereocenters. The average Bonchev–Trinajstić information content (AvgIpc) is 2.83. The molecule has 16 heavy (non-hydrogen) atoms. The first-order valence-corrected chi connectivity index (χ1v) is 5.87. The van der Waals surface area contributed by atoms with Crippen LogP contribution in [0.5, 0.6) is 0 Å². The maximum Gasteiger partial charge on any atom is 0.0909 e. The lowest BCUT2D eigenvalue weighted by molar-refractivity contribution is 0.00216. The highest BCUT2D eigenvalue weighted by molar-refractivity contribution is 5.27. The Labute approximate surface area is 96.7 Å². The summed E-state index contributed by atoms with van der Waals surface area (Å²) in [5, 5.41) is 13.9. The van der Waals surface area contributed by atoms with E-state index >= 15 is 0 Å². The first kappa shape index (κ1) is 11.6. The van der Waals surface area contributed by atoms with Crippen molar-refractivity contribution in [2.75, 3.05) is 13.1 Å². The Kier molecular flexibility index (Phi) is 3.28. The van der Waals surface area contributed by atoms with Gasteiger partial charge in [0.05, 0.1) is 5.60 Å². The molecule has 1 aliphatic heterocycles. The molecule has 3 heteroatoms. The lowest BCUT2D eigenvalue weighted by Gasteiger charge is -2.30. The van der Waals surface area contributed by atoms with Gasteiger partial charge in [-0.25, -0.2) is 0 Å². The summed E-state index contributed by atoms with van der Waals surface area (Å²) in [6, 6.07) is 7.96. The molecule has 0 aliphatic carbocycles. The van der Waals surface area contributed by atoms with Gasteiger partial charge in [0.15, 0.2) is 0 Å². The molecule has 0 bridgehead atoms. The van der Waals surface area contributed by atoms with Crippen molar-refractivity contribution in [3.8, 4) is 0 Å². The van der Waals surface area contributed by atoms with Crippen LogP contribution in [0.1, 0.15) is 24.5 Å². The zero-order valence-electron chi connectivity index (χ0n) is 9.74. The van der Waals surface area contributed by atoms with E-state index in [0.29, 0.717) is 12.5 Å². The van der Waals surface area contributed by atoms with Crippen molar-refractivity contribution in [3.63, 3.8) is 0 Å². The third kappa shape index (κ3) is 2.12. The van der Waals surface area contributed by atoms with Crippen LogP contribution in [0.4, 0.5) is 0 Å². The van der Waals surface area contributed by atoms with E-state index < -0.39 is 5.60 Å². The predicted molar refractivity (Wildman–Crippen MR) is 64.9 cm³/mol. The lowest BCUT2D eigenvalue weighted by atomic mass is 9.82. The molecule has 4 N–H and O–H groups in total. The minimum Gasteiger partial charge on any atom is -0.385 e. The van der Waals surface area contributed by atoms with Crippen molar-refractivity contribution in [1.82, 2.24) is 5.32 Å². The summed E-state index contributed by atoms with van der Waals surface area (Å²) in [5.41, 5.74) is 6.90. The normalized spacial score (nSPS) is 24.3. The van der Waals surface area contributed by atoms with E-state index in [0.717, 1.165) is 30.6 Å². The van der Waals surface area contributed by atoms with Crippen LogP contribution in [-0.4, -0.2) is 18.2 Å². The molecule has 2 unspecified atom stereocenters. The second-order valence-corrected chi connectivity index (χ2v) is 4.74. The van der Waals surface area contributed by atoms with Gasteiger partial charge in [0.1, 0.15) is 0 Å². The van der Waals surface area contributed by atoms with Gasteiger partial charge in [-0.3, -0.25) is 0 Å². The van der Waals surface area contributed by atoms with Crippen LogP contribution in [-0.2, 0) is 12.1 Å². The highest BCUT2D eigenvalue weighted by Gasteiger charge is 2.35. The van der Waals surface area contributed by atoms with Crippen molar-refractivity contribution in [1.29, 1.82) is 0 Å². The summed E-state index contributed by atoms with van der Waals surface area (Å²) < 4.78 is 0. The Morgan fingerprint density at radius 2 is 2.12 bits per heavy atom. The van der Waals surface area contributed by atoms with Crippen LogP contribution in [0.2, 0.25) is 0 Å². The minimum atomic E-state index is -0.739. The molecule has 1 aromatic carbocycles. The number of benzene rings is 1. The fourth-order valence-electron chi connectivity index (χ4n) is 2.35. The number of hydrogen-bond acceptors (Lipinski definition) is 3. The third-order valence-corrected chi connectivity index (χ3v) is 3.63. The monoisotopic (exact) mass is 220 g/mol. The smallest absolute Gasteiger partial charge is 0.0909 e. The Hall–Kier alpha value is -0.900. The Morgan fingerprint density at radius 3 is 2.62 bits per heavy atom.